The van der Waals surface area contributed by atoms with Crippen molar-refractivity contribution in [3.8, 4) is 0 Å². The van der Waals surface area contributed by atoms with Crippen molar-refractivity contribution < 1.29 is 41.8 Å². The van der Waals surface area contributed by atoms with E-state index in [9.17, 15) is 27.6 Å². The molecule has 172 valence electrons. The summed E-state index contributed by atoms with van der Waals surface area (Å²) in [5.41, 5.74) is -3.54. The fraction of sp³-hybridized carbons (Fsp3) is 0.522. The number of esters is 3. The Morgan fingerprint density at radius 3 is 1.91 bits per heavy atom. The zero-order chi connectivity index (χ0) is 23.4. The monoisotopic (exact) mass is 452 g/mol. The Morgan fingerprint density at radius 1 is 0.906 bits per heavy atom. The second kappa shape index (κ2) is 7.35. The number of benzene rings is 1. The van der Waals surface area contributed by atoms with Crippen LogP contribution in [0.1, 0.15) is 55.8 Å². The number of hydrogen-bond donors (Lipinski definition) is 0. The molecule has 6 nitrogen and oxygen atoms in total. The minimum absolute atomic E-state index is 0.0801. The van der Waals surface area contributed by atoms with E-state index in [0.29, 0.717) is 12.8 Å². The normalized spacial score (nSPS) is 32.8. The molecular weight excluding hydrogens is 429 g/mol. The molecule has 4 aliphatic carbocycles. The van der Waals surface area contributed by atoms with Crippen molar-refractivity contribution in [2.75, 3.05) is 0 Å². The number of carbonyl (C=O) groups excluding carboxylic acids is 3. The largest absolute Gasteiger partial charge is 0.490 e. The number of ether oxygens (including phenoxy) is 3. The fourth-order valence-electron chi connectivity index (χ4n) is 5.89. The first kappa shape index (κ1) is 22.4. The van der Waals surface area contributed by atoms with Crippen LogP contribution in [0.5, 0.6) is 0 Å². The van der Waals surface area contributed by atoms with Gasteiger partial charge in [0, 0.05) is 24.8 Å². The maximum atomic E-state index is 13.0. The molecule has 0 N–H and O–H groups in total. The van der Waals surface area contributed by atoms with Crippen LogP contribution in [-0.2, 0) is 23.8 Å². The molecule has 4 atom stereocenters. The van der Waals surface area contributed by atoms with E-state index in [4.69, 9.17) is 14.2 Å². The summed E-state index contributed by atoms with van der Waals surface area (Å²) in [5, 5.41) is 0. The minimum atomic E-state index is -5.17. The van der Waals surface area contributed by atoms with Gasteiger partial charge in [-0.3, -0.25) is 0 Å². The molecule has 0 heterocycles. The van der Waals surface area contributed by atoms with E-state index in [1.807, 2.05) is 0 Å². The zero-order valence-corrected chi connectivity index (χ0v) is 17.5. The van der Waals surface area contributed by atoms with E-state index in [1.54, 1.807) is 30.3 Å². The molecule has 0 radical (unpaired) electrons. The van der Waals surface area contributed by atoms with Gasteiger partial charge in [-0.25, -0.2) is 14.4 Å². The molecule has 4 fully saturated rings. The van der Waals surface area contributed by atoms with Gasteiger partial charge in [-0.05, 0) is 44.2 Å². The molecule has 4 saturated carbocycles. The molecule has 5 rings (SSSR count). The Hall–Kier alpha value is -2.84. The van der Waals surface area contributed by atoms with Crippen molar-refractivity contribution in [3.63, 3.8) is 0 Å². The number of rotatable bonds is 5. The van der Waals surface area contributed by atoms with Crippen molar-refractivity contribution in [1.29, 1.82) is 0 Å². The van der Waals surface area contributed by atoms with Gasteiger partial charge in [0.15, 0.2) is 0 Å². The third-order valence-corrected chi connectivity index (χ3v) is 6.43. The molecular formula is C23H23F3O6. The van der Waals surface area contributed by atoms with Gasteiger partial charge in [0.25, 0.3) is 0 Å². The van der Waals surface area contributed by atoms with Crippen LogP contribution >= 0.6 is 0 Å². The van der Waals surface area contributed by atoms with Crippen molar-refractivity contribution in [2.45, 2.75) is 68.4 Å². The Morgan fingerprint density at radius 2 is 1.41 bits per heavy atom. The predicted octanol–water partition coefficient (Wildman–Crippen LogP) is 4.28. The molecule has 32 heavy (non-hydrogen) atoms. The molecule has 4 aliphatic rings. The molecule has 0 aromatic heterocycles. The molecule has 0 spiro atoms. The number of carbonyl (C=O) groups is 3. The highest BCUT2D eigenvalue weighted by Gasteiger charge is 2.69. The third-order valence-electron chi connectivity index (χ3n) is 6.43. The summed E-state index contributed by atoms with van der Waals surface area (Å²) in [6.07, 6.45) is -4.24. The highest BCUT2D eigenvalue weighted by molar-refractivity contribution is 5.90. The van der Waals surface area contributed by atoms with Gasteiger partial charge < -0.3 is 14.2 Å². The van der Waals surface area contributed by atoms with Crippen LogP contribution < -0.4 is 0 Å². The lowest BCUT2D eigenvalue weighted by atomic mass is 9.50. The fourth-order valence-corrected chi connectivity index (χ4v) is 5.89. The lowest BCUT2D eigenvalue weighted by molar-refractivity contribution is -0.277. The second-order valence-electron chi connectivity index (χ2n) is 9.37. The van der Waals surface area contributed by atoms with Gasteiger partial charge in [-0.1, -0.05) is 24.8 Å². The second-order valence-corrected chi connectivity index (χ2v) is 9.37. The summed E-state index contributed by atoms with van der Waals surface area (Å²) >= 11 is 0. The van der Waals surface area contributed by atoms with Gasteiger partial charge in [-0.15, -0.1) is 0 Å². The van der Waals surface area contributed by atoms with Crippen LogP contribution in [-0.4, -0.2) is 40.9 Å². The van der Waals surface area contributed by atoms with Gasteiger partial charge in [0.05, 0.1) is 5.56 Å². The first-order valence-corrected chi connectivity index (χ1v) is 10.3. The standard InChI is InChI=1S/C23H23F3O6/c1-14(2)17(27)30-20-8-15-9-21(11-20,31-18(28)16-6-4-3-5-7-16)13-22(10-15,12-20)32-19(29)23(24,25)26/h3-7,15H,1,8-13H2,2H3. The molecule has 0 amide bonds. The molecule has 1 aromatic carbocycles. The van der Waals surface area contributed by atoms with Crippen molar-refractivity contribution >= 4 is 17.9 Å². The lowest BCUT2D eigenvalue weighted by Crippen LogP contribution is -2.69. The Balaban J connectivity index is 1.68. The first-order chi connectivity index (χ1) is 14.9. The molecule has 9 heteroatoms. The SMILES string of the molecule is C=C(C)C(=O)OC12CC3CC(OC(=O)c4ccccc4)(C1)CC(OC(=O)C(F)(F)F)(C3)C2. The smallest absolute Gasteiger partial charge is 0.455 e. The number of alkyl halides is 3. The quantitative estimate of drug-likeness (QED) is 0.377. The summed E-state index contributed by atoms with van der Waals surface area (Å²) in [6.45, 7) is 5.03. The highest BCUT2D eigenvalue weighted by Crippen LogP contribution is 2.63. The summed E-state index contributed by atoms with van der Waals surface area (Å²) < 4.78 is 55.7. The molecule has 4 unspecified atom stereocenters. The predicted molar refractivity (Wildman–Crippen MR) is 104 cm³/mol. The van der Waals surface area contributed by atoms with Crippen LogP contribution in [0.2, 0.25) is 0 Å². The molecule has 0 aliphatic heterocycles. The average molecular weight is 452 g/mol. The summed E-state index contributed by atoms with van der Waals surface area (Å²) in [7, 11) is 0. The lowest BCUT2D eigenvalue weighted by Gasteiger charge is -2.63. The molecule has 1 aromatic rings. The minimum Gasteiger partial charge on any atom is -0.455 e. The van der Waals surface area contributed by atoms with E-state index < -0.39 is 40.9 Å². The van der Waals surface area contributed by atoms with E-state index in [-0.39, 0.29) is 42.7 Å². The van der Waals surface area contributed by atoms with Gasteiger partial charge >= 0.3 is 24.1 Å². The maximum Gasteiger partial charge on any atom is 0.490 e. The maximum absolute atomic E-state index is 13.0. The van der Waals surface area contributed by atoms with Gasteiger partial charge in [0.1, 0.15) is 16.8 Å². The van der Waals surface area contributed by atoms with Crippen LogP contribution in [0.4, 0.5) is 13.2 Å². The number of halogens is 3. The third kappa shape index (κ3) is 4.12. The summed E-state index contributed by atoms with van der Waals surface area (Å²) in [6, 6.07) is 8.20. The summed E-state index contributed by atoms with van der Waals surface area (Å²) in [5.74, 6) is -3.86. The van der Waals surface area contributed by atoms with E-state index in [1.165, 1.54) is 6.92 Å². The molecule has 0 saturated heterocycles. The Labute approximate surface area is 182 Å². The van der Waals surface area contributed by atoms with Crippen LogP contribution in [0.15, 0.2) is 42.5 Å². The van der Waals surface area contributed by atoms with Crippen molar-refractivity contribution in [2.24, 2.45) is 5.92 Å². The van der Waals surface area contributed by atoms with Gasteiger partial charge in [-0.2, -0.15) is 13.2 Å². The average Bonchev–Trinajstić information content (AvgIpc) is 2.65. The first-order valence-electron chi connectivity index (χ1n) is 10.3. The molecule has 4 bridgehead atoms. The summed E-state index contributed by atoms with van der Waals surface area (Å²) in [4.78, 5) is 36.9. The van der Waals surface area contributed by atoms with Crippen LogP contribution in [0, 0.1) is 5.92 Å². The number of hydrogen-bond acceptors (Lipinski definition) is 6. The van der Waals surface area contributed by atoms with Crippen molar-refractivity contribution in [3.05, 3.63) is 48.0 Å². The van der Waals surface area contributed by atoms with Crippen LogP contribution in [0.3, 0.4) is 0 Å². The van der Waals surface area contributed by atoms with E-state index in [0.717, 1.165) is 0 Å². The van der Waals surface area contributed by atoms with E-state index in [2.05, 4.69) is 6.58 Å². The van der Waals surface area contributed by atoms with Gasteiger partial charge in [0.2, 0.25) is 0 Å². The Bertz CT molecular complexity index is 974. The van der Waals surface area contributed by atoms with Crippen LogP contribution in [0.25, 0.3) is 0 Å². The van der Waals surface area contributed by atoms with Crippen molar-refractivity contribution in [1.82, 2.24) is 0 Å². The van der Waals surface area contributed by atoms with E-state index >= 15 is 0 Å². The highest BCUT2D eigenvalue weighted by atomic mass is 19.4. The topological polar surface area (TPSA) is 78.9 Å². The Kier molecular flexibility index (Phi) is 5.14. The zero-order valence-electron chi connectivity index (χ0n) is 17.5.